The molecule has 0 radical (unpaired) electrons. The molecule has 0 aliphatic carbocycles. The minimum atomic E-state index is -0.0292. The fraction of sp³-hybridized carbons (Fsp3) is 0.212. The molecule has 378 valence electrons. The monoisotopic (exact) mass is 1000 g/mol. The SMILES string of the molecule is COc1ccc(C2=NN(c3ccc(-c4nc5cc(C(C)(C)C)ccc5o4)cc3)C(c3ccc(-c4ccc(C5CC(c6ccc(OC)cc6)=NN5c5ccc(-c6nc7cc(C(C)(C)C)ccc7o6)cc5)cc4)cc3)C2)cc1. The van der Waals surface area contributed by atoms with E-state index in [0.717, 1.165) is 103 Å². The number of oxazole rings is 2. The summed E-state index contributed by atoms with van der Waals surface area (Å²) >= 11 is 0. The number of ether oxygens (including phenoxy) is 2. The highest BCUT2D eigenvalue weighted by atomic mass is 16.5. The van der Waals surface area contributed by atoms with Crippen molar-refractivity contribution in [2.45, 2.75) is 77.3 Å². The van der Waals surface area contributed by atoms with Crippen molar-refractivity contribution in [3.63, 3.8) is 0 Å². The van der Waals surface area contributed by atoms with Crippen LogP contribution in [0.4, 0.5) is 11.4 Å². The third-order valence-corrected chi connectivity index (χ3v) is 14.9. The first-order chi connectivity index (χ1) is 36.7. The molecule has 0 saturated carbocycles. The Labute approximate surface area is 444 Å². The summed E-state index contributed by atoms with van der Waals surface area (Å²) < 4.78 is 23.5. The number of fused-ring (bicyclic) bond motifs is 2. The average molecular weight is 1000 g/mol. The predicted molar refractivity (Wildman–Crippen MR) is 307 cm³/mol. The summed E-state index contributed by atoms with van der Waals surface area (Å²) in [4.78, 5) is 9.79. The number of nitrogens with zero attached hydrogens (tertiary/aromatic N) is 6. The van der Waals surface area contributed by atoms with Crippen molar-refractivity contribution in [2.75, 3.05) is 24.2 Å². The Balaban J connectivity index is 0.802. The summed E-state index contributed by atoms with van der Waals surface area (Å²) in [5.74, 6) is 2.83. The summed E-state index contributed by atoms with van der Waals surface area (Å²) in [6.45, 7) is 13.3. The molecule has 4 heterocycles. The lowest BCUT2D eigenvalue weighted by Gasteiger charge is -2.25. The second kappa shape index (κ2) is 19.2. The van der Waals surface area contributed by atoms with E-state index in [4.69, 9.17) is 38.5 Å². The minimum absolute atomic E-state index is 0.0167. The van der Waals surface area contributed by atoms with Gasteiger partial charge in [-0.2, -0.15) is 10.2 Å². The van der Waals surface area contributed by atoms with Gasteiger partial charge in [0.15, 0.2) is 11.2 Å². The summed E-state index contributed by atoms with van der Waals surface area (Å²) in [6.07, 6.45) is 1.47. The second-order valence-corrected chi connectivity index (χ2v) is 21.9. The van der Waals surface area contributed by atoms with Crippen LogP contribution in [0.3, 0.4) is 0 Å². The molecule has 12 rings (SSSR count). The highest BCUT2D eigenvalue weighted by Gasteiger charge is 2.32. The number of rotatable bonds is 11. The number of hydrogen-bond donors (Lipinski definition) is 0. The maximum atomic E-state index is 6.26. The summed E-state index contributed by atoms with van der Waals surface area (Å²) in [5, 5.41) is 14.9. The predicted octanol–water partition coefficient (Wildman–Crippen LogP) is 16.3. The molecule has 0 saturated heterocycles. The van der Waals surface area contributed by atoms with Crippen molar-refractivity contribution in [2.24, 2.45) is 10.2 Å². The van der Waals surface area contributed by atoms with Crippen LogP contribution in [0.2, 0.25) is 0 Å². The quantitative estimate of drug-likeness (QED) is 0.126. The van der Waals surface area contributed by atoms with Crippen molar-refractivity contribution in [1.29, 1.82) is 0 Å². The molecule has 0 fully saturated rings. The zero-order valence-electron chi connectivity index (χ0n) is 44.2. The van der Waals surface area contributed by atoms with Crippen LogP contribution in [0, 0.1) is 0 Å². The van der Waals surface area contributed by atoms with E-state index in [1.165, 1.54) is 22.3 Å². The zero-order valence-corrected chi connectivity index (χ0v) is 44.2. The van der Waals surface area contributed by atoms with E-state index in [9.17, 15) is 0 Å². The fourth-order valence-electron chi connectivity index (χ4n) is 10.3. The van der Waals surface area contributed by atoms with Gasteiger partial charge in [0.1, 0.15) is 22.5 Å². The normalized spacial score (nSPS) is 15.9. The van der Waals surface area contributed by atoms with Gasteiger partial charge in [0.25, 0.3) is 0 Å². The maximum Gasteiger partial charge on any atom is 0.227 e. The first kappa shape index (κ1) is 48.2. The molecule has 2 aliphatic heterocycles. The first-order valence-electron chi connectivity index (χ1n) is 26.0. The van der Waals surface area contributed by atoms with E-state index in [0.29, 0.717) is 11.8 Å². The van der Waals surface area contributed by atoms with Crippen molar-refractivity contribution in [3.05, 3.63) is 215 Å². The molecule has 0 N–H and O–H groups in total. The number of hydrazone groups is 2. The largest absolute Gasteiger partial charge is 0.497 e. The Morgan fingerprint density at radius 1 is 0.408 bits per heavy atom. The molecule has 0 amide bonds. The van der Waals surface area contributed by atoms with Crippen LogP contribution in [0.15, 0.2) is 201 Å². The molecule has 2 unspecified atom stereocenters. The number of aromatic nitrogens is 2. The third-order valence-electron chi connectivity index (χ3n) is 14.9. The van der Waals surface area contributed by atoms with Crippen LogP contribution in [-0.4, -0.2) is 35.6 Å². The van der Waals surface area contributed by atoms with Crippen LogP contribution in [-0.2, 0) is 10.8 Å². The van der Waals surface area contributed by atoms with Crippen LogP contribution >= 0.6 is 0 Å². The lowest BCUT2D eigenvalue weighted by atomic mass is 9.87. The van der Waals surface area contributed by atoms with E-state index in [1.54, 1.807) is 14.2 Å². The third kappa shape index (κ3) is 9.40. The smallest absolute Gasteiger partial charge is 0.227 e. The number of benzene rings is 8. The molecule has 2 aromatic heterocycles. The van der Waals surface area contributed by atoms with E-state index < -0.39 is 0 Å². The average Bonchev–Trinajstić information content (AvgIpc) is 4.28. The van der Waals surface area contributed by atoms with Gasteiger partial charge in [-0.3, -0.25) is 10.0 Å². The van der Waals surface area contributed by atoms with Gasteiger partial charge >= 0.3 is 0 Å². The highest BCUT2D eigenvalue weighted by molar-refractivity contribution is 6.04. The van der Waals surface area contributed by atoms with Crippen LogP contribution < -0.4 is 19.5 Å². The lowest BCUT2D eigenvalue weighted by molar-refractivity contribution is 0.414. The lowest BCUT2D eigenvalue weighted by Crippen LogP contribution is -2.18. The first-order valence-corrected chi connectivity index (χ1v) is 26.0. The molecule has 2 atom stereocenters. The minimum Gasteiger partial charge on any atom is -0.497 e. The zero-order chi connectivity index (χ0) is 52.3. The van der Waals surface area contributed by atoms with Crippen molar-refractivity contribution < 1.29 is 18.3 Å². The molecule has 10 heteroatoms. The number of hydrogen-bond acceptors (Lipinski definition) is 10. The van der Waals surface area contributed by atoms with Gasteiger partial charge in [-0.05, 0) is 177 Å². The molecule has 76 heavy (non-hydrogen) atoms. The van der Waals surface area contributed by atoms with Gasteiger partial charge < -0.3 is 18.3 Å². The van der Waals surface area contributed by atoms with Gasteiger partial charge in [-0.15, -0.1) is 0 Å². The topological polar surface area (TPSA) is 102 Å². The molecule has 2 aliphatic rings. The summed E-state index contributed by atoms with van der Waals surface area (Å²) in [6, 6.07) is 63.4. The second-order valence-electron chi connectivity index (χ2n) is 21.9. The van der Waals surface area contributed by atoms with Gasteiger partial charge in [-0.1, -0.05) is 102 Å². The Morgan fingerprint density at radius 2 is 0.750 bits per heavy atom. The highest BCUT2D eigenvalue weighted by Crippen LogP contribution is 2.42. The molecule has 0 bridgehead atoms. The molecular formula is C66H60N6O4. The maximum absolute atomic E-state index is 6.26. The standard InChI is InChI=1S/C66H60N6O4/c1-65(2,3)49-25-35-61-57(37-49)67-63(75-61)47-17-27-51(28-18-47)71-59(39-55(69-71)43-21-31-53(73-7)32-22-43)45-13-9-41(10-14-45)42-11-15-46(16-12-42)60-40-56(44-23-33-54(74-8)34-24-44)70-72(60)52-29-19-48(20-30-52)64-68-58-38-50(66(4,5)6)26-36-62(58)76-64/h9-38,59-60H,39-40H2,1-8H3. The molecule has 0 spiro atoms. The Bertz CT molecular complexity index is 3530. The summed E-state index contributed by atoms with van der Waals surface area (Å²) in [5.41, 5.74) is 18.3. The number of anilines is 2. The molecule has 10 aromatic rings. The Kier molecular flexibility index (Phi) is 12.2. The Morgan fingerprint density at radius 3 is 1.09 bits per heavy atom. The van der Waals surface area contributed by atoms with Gasteiger partial charge in [0.05, 0.1) is 49.1 Å². The number of methoxy groups -OCH3 is 2. The van der Waals surface area contributed by atoms with Crippen molar-refractivity contribution in [1.82, 2.24) is 9.97 Å². The van der Waals surface area contributed by atoms with Gasteiger partial charge in [0, 0.05) is 24.0 Å². The van der Waals surface area contributed by atoms with Crippen LogP contribution in [0.25, 0.3) is 56.2 Å². The Hall–Kier alpha value is -8.76. The van der Waals surface area contributed by atoms with Gasteiger partial charge in [0.2, 0.25) is 11.8 Å². The molecule has 10 nitrogen and oxygen atoms in total. The van der Waals surface area contributed by atoms with Crippen molar-refractivity contribution >= 4 is 45.0 Å². The van der Waals surface area contributed by atoms with E-state index in [1.807, 2.05) is 36.4 Å². The molecular weight excluding hydrogens is 941 g/mol. The van der Waals surface area contributed by atoms with Gasteiger partial charge in [-0.25, -0.2) is 9.97 Å². The van der Waals surface area contributed by atoms with Crippen LogP contribution in [0.1, 0.15) is 99.8 Å². The van der Waals surface area contributed by atoms with Crippen molar-refractivity contribution in [3.8, 4) is 45.5 Å². The fourth-order valence-corrected chi connectivity index (χ4v) is 10.3. The van der Waals surface area contributed by atoms with Crippen LogP contribution in [0.5, 0.6) is 11.5 Å². The summed E-state index contributed by atoms with van der Waals surface area (Å²) in [7, 11) is 3.38. The van der Waals surface area contributed by atoms with E-state index in [2.05, 4.69) is 197 Å². The van der Waals surface area contributed by atoms with E-state index in [-0.39, 0.29) is 22.9 Å². The molecule has 8 aromatic carbocycles. The van der Waals surface area contributed by atoms with E-state index >= 15 is 0 Å².